The summed E-state index contributed by atoms with van der Waals surface area (Å²) >= 11 is 2.29. The highest BCUT2D eigenvalue weighted by atomic mass is 127. The molecule has 1 N–H and O–H groups in total. The molecule has 0 unspecified atom stereocenters. The molecule has 2 aromatic rings. The van der Waals surface area contributed by atoms with E-state index >= 15 is 0 Å². The standard InChI is InChI=1S/C13H13IN2O/c14-10-3-1-2-9(6-10)13-16-12(8-17-13)7-15-11-4-5-11/h1-3,6,8,11,15H,4-5,7H2. The van der Waals surface area contributed by atoms with Gasteiger partial charge >= 0.3 is 0 Å². The summed E-state index contributed by atoms with van der Waals surface area (Å²) in [6.45, 7) is 0.804. The molecule has 0 spiro atoms. The second-order valence-electron chi connectivity index (χ2n) is 4.31. The molecule has 1 heterocycles. The Morgan fingerprint density at radius 2 is 2.29 bits per heavy atom. The molecule has 88 valence electrons. The highest BCUT2D eigenvalue weighted by molar-refractivity contribution is 14.1. The fourth-order valence-corrected chi connectivity index (χ4v) is 2.22. The third kappa shape index (κ3) is 2.87. The topological polar surface area (TPSA) is 38.1 Å². The molecule has 1 aliphatic rings. The number of oxazole rings is 1. The summed E-state index contributed by atoms with van der Waals surface area (Å²) in [5.74, 6) is 0.705. The van der Waals surface area contributed by atoms with Gasteiger partial charge in [-0.1, -0.05) is 6.07 Å². The van der Waals surface area contributed by atoms with Crippen molar-refractivity contribution in [3.8, 4) is 11.5 Å². The molecule has 3 rings (SSSR count). The Labute approximate surface area is 114 Å². The maximum Gasteiger partial charge on any atom is 0.226 e. The van der Waals surface area contributed by atoms with Crippen LogP contribution in [0.2, 0.25) is 0 Å². The van der Waals surface area contributed by atoms with Gasteiger partial charge in [0.2, 0.25) is 5.89 Å². The Hall–Kier alpha value is -0.880. The Kier molecular flexibility index (Phi) is 3.15. The van der Waals surface area contributed by atoms with Crippen LogP contribution in [-0.4, -0.2) is 11.0 Å². The zero-order valence-corrected chi connectivity index (χ0v) is 11.5. The molecule has 1 aromatic carbocycles. The van der Waals surface area contributed by atoms with Crippen LogP contribution < -0.4 is 5.32 Å². The Morgan fingerprint density at radius 3 is 3.06 bits per heavy atom. The van der Waals surface area contributed by atoms with E-state index in [-0.39, 0.29) is 0 Å². The first kappa shape index (κ1) is 11.2. The molecule has 1 fully saturated rings. The first-order valence-electron chi connectivity index (χ1n) is 5.75. The minimum absolute atomic E-state index is 0.702. The predicted octanol–water partition coefficient (Wildman–Crippen LogP) is 3.20. The van der Waals surface area contributed by atoms with Crippen LogP contribution in [-0.2, 0) is 6.54 Å². The van der Waals surface area contributed by atoms with E-state index in [1.54, 1.807) is 6.26 Å². The van der Waals surface area contributed by atoms with E-state index in [1.165, 1.54) is 16.4 Å². The summed E-state index contributed by atoms with van der Waals surface area (Å²) in [5.41, 5.74) is 2.01. The number of hydrogen-bond donors (Lipinski definition) is 1. The van der Waals surface area contributed by atoms with Gasteiger partial charge in [0.15, 0.2) is 0 Å². The molecule has 1 aromatic heterocycles. The van der Waals surface area contributed by atoms with E-state index in [2.05, 4.69) is 45.0 Å². The van der Waals surface area contributed by atoms with Gasteiger partial charge in [-0.2, -0.15) is 0 Å². The van der Waals surface area contributed by atoms with Crippen LogP contribution in [0.1, 0.15) is 18.5 Å². The first-order chi connectivity index (χ1) is 8.31. The number of hydrogen-bond acceptors (Lipinski definition) is 3. The third-order valence-electron chi connectivity index (χ3n) is 2.77. The van der Waals surface area contributed by atoms with Crippen LogP contribution in [0.3, 0.4) is 0 Å². The smallest absolute Gasteiger partial charge is 0.226 e. The second kappa shape index (κ2) is 4.78. The number of nitrogens with zero attached hydrogens (tertiary/aromatic N) is 1. The summed E-state index contributed by atoms with van der Waals surface area (Å²) in [4.78, 5) is 4.49. The van der Waals surface area contributed by atoms with Crippen molar-refractivity contribution in [2.45, 2.75) is 25.4 Å². The molecule has 4 heteroatoms. The van der Waals surface area contributed by atoms with Crippen molar-refractivity contribution >= 4 is 22.6 Å². The summed E-state index contributed by atoms with van der Waals surface area (Å²) in [5, 5.41) is 3.43. The Bertz CT molecular complexity index is 520. The molecule has 3 nitrogen and oxygen atoms in total. The SMILES string of the molecule is Ic1cccc(-c2nc(CNC3CC3)co2)c1. The van der Waals surface area contributed by atoms with Crippen molar-refractivity contribution in [3.63, 3.8) is 0 Å². The molecule has 1 saturated carbocycles. The van der Waals surface area contributed by atoms with Crippen molar-refractivity contribution < 1.29 is 4.42 Å². The molecular formula is C13H13IN2O. The van der Waals surface area contributed by atoms with E-state index in [0.29, 0.717) is 11.9 Å². The largest absolute Gasteiger partial charge is 0.444 e. The van der Waals surface area contributed by atoms with Gasteiger partial charge in [-0.3, -0.25) is 0 Å². The number of benzene rings is 1. The van der Waals surface area contributed by atoms with E-state index in [0.717, 1.165) is 17.8 Å². The lowest BCUT2D eigenvalue weighted by molar-refractivity contribution is 0.570. The van der Waals surface area contributed by atoms with Crippen molar-refractivity contribution in [2.24, 2.45) is 0 Å². The maximum atomic E-state index is 5.50. The van der Waals surface area contributed by atoms with E-state index in [4.69, 9.17) is 4.42 Å². The minimum Gasteiger partial charge on any atom is -0.444 e. The van der Waals surface area contributed by atoms with Crippen molar-refractivity contribution in [3.05, 3.63) is 39.8 Å². The quantitative estimate of drug-likeness (QED) is 0.869. The number of aromatic nitrogens is 1. The Balaban J connectivity index is 1.74. The maximum absolute atomic E-state index is 5.50. The average molecular weight is 340 g/mol. The van der Waals surface area contributed by atoms with Gasteiger partial charge in [-0.15, -0.1) is 0 Å². The monoisotopic (exact) mass is 340 g/mol. The van der Waals surface area contributed by atoms with Crippen molar-refractivity contribution in [1.82, 2.24) is 10.3 Å². The fraction of sp³-hybridized carbons (Fsp3) is 0.308. The third-order valence-corrected chi connectivity index (χ3v) is 3.44. The molecule has 0 aliphatic heterocycles. The summed E-state index contributed by atoms with van der Waals surface area (Å²) < 4.78 is 6.69. The molecule has 17 heavy (non-hydrogen) atoms. The lowest BCUT2D eigenvalue weighted by atomic mass is 10.2. The lowest BCUT2D eigenvalue weighted by Gasteiger charge is -1.97. The van der Waals surface area contributed by atoms with E-state index < -0.39 is 0 Å². The van der Waals surface area contributed by atoms with Gasteiger partial charge in [0, 0.05) is 21.7 Å². The van der Waals surface area contributed by atoms with Gasteiger partial charge < -0.3 is 9.73 Å². The second-order valence-corrected chi connectivity index (χ2v) is 5.56. The van der Waals surface area contributed by atoms with Gasteiger partial charge in [0.25, 0.3) is 0 Å². The van der Waals surface area contributed by atoms with Crippen LogP contribution in [0.4, 0.5) is 0 Å². The summed E-state index contributed by atoms with van der Waals surface area (Å²) in [6, 6.07) is 8.87. The van der Waals surface area contributed by atoms with Gasteiger partial charge in [-0.25, -0.2) is 4.98 Å². The van der Waals surface area contributed by atoms with Crippen molar-refractivity contribution in [2.75, 3.05) is 0 Å². The summed E-state index contributed by atoms with van der Waals surface area (Å²) in [7, 11) is 0. The molecule has 1 aliphatic carbocycles. The van der Waals surface area contributed by atoms with Gasteiger partial charge in [0.1, 0.15) is 6.26 Å². The highest BCUT2D eigenvalue weighted by Gasteiger charge is 2.20. The molecule has 0 saturated heterocycles. The van der Waals surface area contributed by atoms with Crippen LogP contribution in [0.15, 0.2) is 34.9 Å². The van der Waals surface area contributed by atoms with Gasteiger partial charge in [-0.05, 0) is 53.6 Å². The average Bonchev–Trinajstić information content (AvgIpc) is 3.04. The van der Waals surface area contributed by atoms with Crippen LogP contribution in [0.5, 0.6) is 0 Å². The molecular weight excluding hydrogens is 327 g/mol. The molecule has 0 atom stereocenters. The molecule has 0 amide bonds. The molecule has 0 radical (unpaired) electrons. The lowest BCUT2D eigenvalue weighted by Crippen LogP contribution is -2.15. The first-order valence-corrected chi connectivity index (χ1v) is 6.83. The zero-order valence-electron chi connectivity index (χ0n) is 9.32. The molecule has 0 bridgehead atoms. The van der Waals surface area contributed by atoms with E-state index in [1.807, 2.05) is 12.1 Å². The Morgan fingerprint density at radius 1 is 1.41 bits per heavy atom. The number of rotatable bonds is 4. The number of halogens is 1. The summed E-state index contributed by atoms with van der Waals surface area (Å²) in [6.07, 6.45) is 4.33. The fourth-order valence-electron chi connectivity index (χ4n) is 1.68. The van der Waals surface area contributed by atoms with Crippen LogP contribution >= 0.6 is 22.6 Å². The number of nitrogens with one attached hydrogen (secondary N) is 1. The van der Waals surface area contributed by atoms with Crippen LogP contribution in [0.25, 0.3) is 11.5 Å². The minimum atomic E-state index is 0.702. The van der Waals surface area contributed by atoms with Crippen LogP contribution in [0, 0.1) is 3.57 Å². The zero-order chi connectivity index (χ0) is 11.7. The normalized spacial score (nSPS) is 15.1. The predicted molar refractivity (Wildman–Crippen MR) is 74.5 cm³/mol. The van der Waals surface area contributed by atoms with E-state index in [9.17, 15) is 0 Å². The van der Waals surface area contributed by atoms with Crippen molar-refractivity contribution in [1.29, 1.82) is 0 Å². The highest BCUT2D eigenvalue weighted by Crippen LogP contribution is 2.22. The van der Waals surface area contributed by atoms with Gasteiger partial charge in [0.05, 0.1) is 5.69 Å².